The van der Waals surface area contributed by atoms with Crippen molar-refractivity contribution in [2.45, 2.75) is 47.0 Å². The summed E-state index contributed by atoms with van der Waals surface area (Å²) in [5.74, 6) is 1.59. The van der Waals surface area contributed by atoms with Crippen LogP contribution in [0.25, 0.3) is 23.2 Å². The molecule has 1 saturated heterocycles. The summed E-state index contributed by atoms with van der Waals surface area (Å²) in [6.45, 7) is 16.7. The predicted molar refractivity (Wildman–Crippen MR) is 166 cm³/mol. The maximum absolute atomic E-state index is 5.64. The lowest BCUT2D eigenvalue weighted by Gasteiger charge is -2.29. The number of hydrogen-bond acceptors (Lipinski definition) is 6. The average molecular weight is 541 g/mol. The Hall–Kier alpha value is -3.55. The minimum absolute atomic E-state index is 0.596. The van der Waals surface area contributed by atoms with E-state index in [2.05, 4.69) is 85.8 Å². The van der Waals surface area contributed by atoms with Crippen LogP contribution in [0, 0.1) is 6.92 Å². The number of hydrogen-bond donors (Lipinski definition) is 0. The Bertz CT molecular complexity index is 1380. The number of benzene rings is 1. The highest BCUT2D eigenvalue weighted by atomic mass is 16.5. The van der Waals surface area contributed by atoms with Gasteiger partial charge >= 0.3 is 0 Å². The molecule has 0 atom stereocenters. The Morgan fingerprint density at radius 3 is 2.60 bits per heavy atom. The van der Waals surface area contributed by atoms with Gasteiger partial charge in [0.15, 0.2) is 0 Å². The van der Waals surface area contributed by atoms with Crippen LogP contribution in [0.15, 0.2) is 66.0 Å². The smallest absolute Gasteiger partial charge is 0.253 e. The standard InChI is InChI=1S/C31H38N6O.C2H6/c1-6-24(16-23(3)10-11-35(4)5)26-18-28-29(19-26)33-31(34-30(28)36-12-14-38-15-13-36)37-21-27(20-32-37)25-9-7-8-22(2)17-25;1-2/h7-9,16-17,19-21H,3,6,10-15,18H2,1-2,4-5H3;1-2H3/b24-16+;. The molecule has 3 aromatic rings. The van der Waals surface area contributed by atoms with Crippen molar-refractivity contribution in [2.75, 3.05) is 51.8 Å². The number of aryl methyl sites for hydroxylation is 1. The molecule has 7 heteroatoms. The third kappa shape index (κ3) is 6.95. The summed E-state index contributed by atoms with van der Waals surface area (Å²) < 4.78 is 7.44. The molecule has 0 unspecified atom stereocenters. The second-order valence-electron chi connectivity index (χ2n) is 10.4. The van der Waals surface area contributed by atoms with E-state index in [9.17, 15) is 0 Å². The molecule has 1 aliphatic carbocycles. The molecule has 0 radical (unpaired) electrons. The van der Waals surface area contributed by atoms with Crippen molar-refractivity contribution in [3.05, 3.63) is 82.9 Å². The fourth-order valence-corrected chi connectivity index (χ4v) is 5.03. The molecule has 1 fully saturated rings. The van der Waals surface area contributed by atoms with Gasteiger partial charge in [-0.05, 0) is 56.6 Å². The largest absolute Gasteiger partial charge is 0.378 e. The molecule has 7 nitrogen and oxygen atoms in total. The zero-order chi connectivity index (χ0) is 28.6. The number of rotatable bonds is 9. The zero-order valence-electron chi connectivity index (χ0n) is 25.1. The van der Waals surface area contributed by atoms with Crippen LogP contribution in [0.3, 0.4) is 0 Å². The third-order valence-corrected chi connectivity index (χ3v) is 7.19. The Balaban J connectivity index is 0.00000181. The Morgan fingerprint density at radius 1 is 1.12 bits per heavy atom. The van der Waals surface area contributed by atoms with E-state index in [0.29, 0.717) is 19.2 Å². The van der Waals surface area contributed by atoms with Gasteiger partial charge in [0.2, 0.25) is 0 Å². The fourth-order valence-electron chi connectivity index (χ4n) is 5.03. The number of morpholine rings is 1. The molecular weight excluding hydrogens is 496 g/mol. The number of nitrogens with zero attached hydrogens (tertiary/aromatic N) is 6. The van der Waals surface area contributed by atoms with Crippen LogP contribution < -0.4 is 4.90 Å². The van der Waals surface area contributed by atoms with Gasteiger partial charge in [0.25, 0.3) is 5.95 Å². The maximum atomic E-state index is 5.64. The SMILES string of the molecule is C=C(/C=C(\CC)C1=Cc2nc(-n3cc(-c4cccc(C)c4)cn3)nc(N3CCOCC3)c2C1)CCN(C)C.CC. The first-order valence-corrected chi connectivity index (χ1v) is 14.5. The molecule has 5 rings (SSSR count). The van der Waals surface area contributed by atoms with E-state index < -0.39 is 0 Å². The molecule has 40 heavy (non-hydrogen) atoms. The van der Waals surface area contributed by atoms with E-state index in [1.807, 2.05) is 26.2 Å². The normalized spacial score (nSPS) is 15.0. The molecule has 0 bridgehead atoms. The topological polar surface area (TPSA) is 59.3 Å². The van der Waals surface area contributed by atoms with Crippen LogP contribution in [0.5, 0.6) is 0 Å². The molecule has 0 amide bonds. The van der Waals surface area contributed by atoms with Crippen LogP contribution in [0.1, 0.15) is 50.4 Å². The first kappa shape index (κ1) is 29.4. The molecule has 1 aliphatic heterocycles. The van der Waals surface area contributed by atoms with Crippen molar-refractivity contribution in [3.63, 3.8) is 0 Å². The highest BCUT2D eigenvalue weighted by Crippen LogP contribution is 2.36. The Morgan fingerprint density at radius 2 is 1.90 bits per heavy atom. The second kappa shape index (κ2) is 13.7. The van der Waals surface area contributed by atoms with Crippen LogP contribution in [0.4, 0.5) is 5.82 Å². The van der Waals surface area contributed by atoms with Crippen LogP contribution in [-0.4, -0.2) is 71.6 Å². The number of ether oxygens (including phenoxy) is 1. The lowest BCUT2D eigenvalue weighted by Crippen LogP contribution is -2.37. The molecule has 2 aromatic heterocycles. The number of fused-ring (bicyclic) bond motifs is 1. The van der Waals surface area contributed by atoms with Crippen molar-refractivity contribution in [3.8, 4) is 17.1 Å². The Kier molecular flexibility index (Phi) is 10.1. The molecule has 2 aliphatic rings. The molecule has 0 saturated carbocycles. The number of anilines is 1. The van der Waals surface area contributed by atoms with Gasteiger partial charge in [-0.15, -0.1) is 0 Å². The summed E-state index contributed by atoms with van der Waals surface area (Å²) in [5.41, 5.74) is 9.37. The van der Waals surface area contributed by atoms with Crippen molar-refractivity contribution in [1.82, 2.24) is 24.6 Å². The lowest BCUT2D eigenvalue weighted by molar-refractivity contribution is 0.122. The zero-order valence-corrected chi connectivity index (χ0v) is 25.1. The maximum Gasteiger partial charge on any atom is 0.253 e. The van der Waals surface area contributed by atoms with Crippen LogP contribution in [-0.2, 0) is 11.2 Å². The van der Waals surface area contributed by atoms with E-state index in [4.69, 9.17) is 14.7 Å². The van der Waals surface area contributed by atoms with Gasteiger partial charge in [-0.1, -0.05) is 68.8 Å². The average Bonchev–Trinajstić information content (AvgIpc) is 3.64. The summed E-state index contributed by atoms with van der Waals surface area (Å²) in [5, 5.41) is 4.65. The van der Waals surface area contributed by atoms with Crippen LogP contribution in [0.2, 0.25) is 0 Å². The molecule has 0 N–H and O–H groups in total. The summed E-state index contributed by atoms with van der Waals surface area (Å²) in [7, 11) is 4.20. The van der Waals surface area contributed by atoms with Gasteiger partial charge < -0.3 is 14.5 Å². The van der Waals surface area contributed by atoms with Crippen molar-refractivity contribution in [1.29, 1.82) is 0 Å². The third-order valence-electron chi connectivity index (χ3n) is 7.19. The predicted octanol–water partition coefficient (Wildman–Crippen LogP) is 6.28. The van der Waals surface area contributed by atoms with E-state index in [-0.39, 0.29) is 0 Å². The molecule has 1 aromatic carbocycles. The minimum Gasteiger partial charge on any atom is -0.378 e. The molecule has 0 spiro atoms. The monoisotopic (exact) mass is 540 g/mol. The van der Waals surface area contributed by atoms with Crippen molar-refractivity contribution < 1.29 is 4.74 Å². The van der Waals surface area contributed by atoms with Gasteiger partial charge in [-0.2, -0.15) is 10.1 Å². The van der Waals surface area contributed by atoms with E-state index in [1.165, 1.54) is 22.3 Å². The molecule has 212 valence electrons. The second-order valence-corrected chi connectivity index (χ2v) is 10.4. The summed E-state index contributed by atoms with van der Waals surface area (Å²) in [4.78, 5) is 14.6. The highest BCUT2D eigenvalue weighted by molar-refractivity contribution is 5.72. The van der Waals surface area contributed by atoms with E-state index >= 15 is 0 Å². The summed E-state index contributed by atoms with van der Waals surface area (Å²) in [6.07, 6.45) is 11.2. The van der Waals surface area contributed by atoms with Crippen molar-refractivity contribution >= 4 is 11.9 Å². The van der Waals surface area contributed by atoms with Gasteiger partial charge in [0.1, 0.15) is 5.82 Å². The summed E-state index contributed by atoms with van der Waals surface area (Å²) >= 11 is 0. The quantitative estimate of drug-likeness (QED) is 0.298. The number of allylic oxidation sites excluding steroid dienone is 3. The van der Waals surface area contributed by atoms with E-state index in [1.54, 1.807) is 4.68 Å². The fraction of sp³-hybridized carbons (Fsp3) is 0.424. The minimum atomic E-state index is 0.596. The van der Waals surface area contributed by atoms with Gasteiger partial charge in [0, 0.05) is 43.4 Å². The Labute approximate surface area is 239 Å². The first-order chi connectivity index (χ1) is 19.4. The highest BCUT2D eigenvalue weighted by Gasteiger charge is 2.26. The van der Waals surface area contributed by atoms with Gasteiger partial charge in [-0.25, -0.2) is 9.67 Å². The summed E-state index contributed by atoms with van der Waals surface area (Å²) in [6, 6.07) is 8.46. The molecule has 3 heterocycles. The van der Waals surface area contributed by atoms with Crippen molar-refractivity contribution in [2.24, 2.45) is 0 Å². The first-order valence-electron chi connectivity index (χ1n) is 14.5. The van der Waals surface area contributed by atoms with Gasteiger partial charge in [-0.3, -0.25) is 0 Å². The van der Waals surface area contributed by atoms with Crippen LogP contribution >= 0.6 is 0 Å². The molecular formula is C33H44N6O. The van der Waals surface area contributed by atoms with E-state index in [0.717, 1.165) is 67.1 Å². The van der Waals surface area contributed by atoms with Gasteiger partial charge in [0.05, 0.1) is 25.1 Å². The number of aromatic nitrogens is 4. The lowest BCUT2D eigenvalue weighted by atomic mass is 9.98.